The lowest BCUT2D eigenvalue weighted by Crippen LogP contribution is -2.14. The molecule has 0 saturated carbocycles. The number of halogens is 3. The highest BCUT2D eigenvalue weighted by atomic mass is 127. The van der Waals surface area contributed by atoms with Gasteiger partial charge in [-0.15, -0.1) is 0 Å². The highest BCUT2D eigenvalue weighted by molar-refractivity contribution is 14.1. The van der Waals surface area contributed by atoms with Gasteiger partial charge in [0.1, 0.15) is 0 Å². The minimum Gasteiger partial charge on any atom is -0.313 e. The van der Waals surface area contributed by atoms with Gasteiger partial charge in [-0.05, 0) is 41.5 Å². The summed E-state index contributed by atoms with van der Waals surface area (Å²) in [6, 6.07) is 5.65. The van der Waals surface area contributed by atoms with Crippen molar-refractivity contribution in [3.05, 3.63) is 33.8 Å². The third-order valence-electron chi connectivity index (χ3n) is 2.57. The van der Waals surface area contributed by atoms with Crippen LogP contribution >= 0.6 is 45.8 Å². The van der Waals surface area contributed by atoms with Gasteiger partial charge in [0.15, 0.2) is 0 Å². The van der Waals surface area contributed by atoms with Crippen molar-refractivity contribution >= 4 is 45.8 Å². The van der Waals surface area contributed by atoms with Crippen LogP contribution in [0.1, 0.15) is 31.2 Å². The number of benzene rings is 1. The molecule has 0 heterocycles. The van der Waals surface area contributed by atoms with Gasteiger partial charge < -0.3 is 5.32 Å². The molecule has 96 valence electrons. The van der Waals surface area contributed by atoms with Gasteiger partial charge in [0, 0.05) is 16.6 Å². The SMILES string of the molecule is Clc1ccc(CNCCCCCCI)c(Cl)c1. The summed E-state index contributed by atoms with van der Waals surface area (Å²) in [5.74, 6) is 0. The van der Waals surface area contributed by atoms with Crippen molar-refractivity contribution in [3.8, 4) is 0 Å². The van der Waals surface area contributed by atoms with E-state index in [4.69, 9.17) is 23.2 Å². The first-order valence-corrected chi connectivity index (χ1v) is 8.23. The van der Waals surface area contributed by atoms with E-state index in [-0.39, 0.29) is 0 Å². The van der Waals surface area contributed by atoms with Gasteiger partial charge in [-0.3, -0.25) is 0 Å². The third kappa shape index (κ3) is 6.85. The largest absolute Gasteiger partial charge is 0.313 e. The van der Waals surface area contributed by atoms with Crippen LogP contribution in [0.5, 0.6) is 0 Å². The molecule has 4 heteroatoms. The van der Waals surface area contributed by atoms with Crippen LogP contribution in [0.3, 0.4) is 0 Å². The maximum absolute atomic E-state index is 6.09. The summed E-state index contributed by atoms with van der Waals surface area (Å²) < 4.78 is 1.27. The summed E-state index contributed by atoms with van der Waals surface area (Å²) in [4.78, 5) is 0. The quantitative estimate of drug-likeness (QED) is 0.374. The van der Waals surface area contributed by atoms with Crippen molar-refractivity contribution in [2.75, 3.05) is 11.0 Å². The molecule has 1 rings (SSSR count). The molecule has 0 amide bonds. The second kappa shape index (κ2) is 9.42. The normalized spacial score (nSPS) is 10.8. The van der Waals surface area contributed by atoms with E-state index < -0.39 is 0 Å². The molecule has 1 N–H and O–H groups in total. The van der Waals surface area contributed by atoms with Crippen molar-refractivity contribution in [2.45, 2.75) is 32.2 Å². The zero-order valence-corrected chi connectivity index (χ0v) is 13.5. The van der Waals surface area contributed by atoms with Gasteiger partial charge in [-0.25, -0.2) is 0 Å². The van der Waals surface area contributed by atoms with Crippen LogP contribution in [-0.4, -0.2) is 11.0 Å². The van der Waals surface area contributed by atoms with E-state index in [2.05, 4.69) is 27.9 Å². The highest BCUT2D eigenvalue weighted by Gasteiger charge is 2.00. The molecule has 1 aromatic carbocycles. The van der Waals surface area contributed by atoms with E-state index in [0.717, 1.165) is 23.7 Å². The van der Waals surface area contributed by atoms with Gasteiger partial charge in [-0.1, -0.05) is 64.7 Å². The van der Waals surface area contributed by atoms with Crippen molar-refractivity contribution in [3.63, 3.8) is 0 Å². The fraction of sp³-hybridized carbons (Fsp3) is 0.538. The summed E-state index contributed by atoms with van der Waals surface area (Å²) >= 11 is 14.4. The molecular weight excluding hydrogens is 368 g/mol. The topological polar surface area (TPSA) is 12.0 Å². The Morgan fingerprint density at radius 1 is 1.06 bits per heavy atom. The van der Waals surface area contributed by atoms with Crippen molar-refractivity contribution in [1.82, 2.24) is 5.32 Å². The molecule has 0 radical (unpaired) electrons. The Kier molecular flexibility index (Phi) is 8.62. The highest BCUT2D eigenvalue weighted by Crippen LogP contribution is 2.20. The maximum Gasteiger partial charge on any atom is 0.0465 e. The monoisotopic (exact) mass is 385 g/mol. The molecule has 17 heavy (non-hydrogen) atoms. The smallest absolute Gasteiger partial charge is 0.0465 e. The van der Waals surface area contributed by atoms with Crippen LogP contribution in [-0.2, 0) is 6.54 Å². The molecular formula is C13H18Cl2IN. The number of unbranched alkanes of at least 4 members (excludes halogenated alkanes) is 3. The van der Waals surface area contributed by atoms with Gasteiger partial charge in [0.25, 0.3) is 0 Å². The maximum atomic E-state index is 6.09. The van der Waals surface area contributed by atoms with E-state index in [0.29, 0.717) is 5.02 Å². The van der Waals surface area contributed by atoms with Gasteiger partial charge in [0.05, 0.1) is 0 Å². The van der Waals surface area contributed by atoms with Crippen LogP contribution in [0.2, 0.25) is 10.0 Å². The average Bonchev–Trinajstić information content (AvgIpc) is 2.30. The van der Waals surface area contributed by atoms with Crippen LogP contribution in [0.4, 0.5) is 0 Å². The molecule has 0 spiro atoms. The van der Waals surface area contributed by atoms with Crippen molar-refractivity contribution in [2.24, 2.45) is 0 Å². The van der Waals surface area contributed by atoms with Gasteiger partial charge >= 0.3 is 0 Å². The number of alkyl halides is 1. The van der Waals surface area contributed by atoms with Crippen molar-refractivity contribution < 1.29 is 0 Å². The van der Waals surface area contributed by atoms with Crippen LogP contribution in [0, 0.1) is 0 Å². The molecule has 0 aliphatic heterocycles. The van der Waals surface area contributed by atoms with E-state index in [1.807, 2.05) is 12.1 Å². The number of rotatable bonds is 8. The van der Waals surface area contributed by atoms with Crippen LogP contribution < -0.4 is 5.32 Å². The molecule has 0 saturated heterocycles. The lowest BCUT2D eigenvalue weighted by atomic mass is 10.2. The molecule has 1 aromatic rings. The van der Waals surface area contributed by atoms with E-state index in [9.17, 15) is 0 Å². The second-order valence-corrected chi connectivity index (χ2v) is 5.94. The molecule has 1 nitrogen and oxygen atoms in total. The predicted molar refractivity (Wildman–Crippen MR) is 85.5 cm³/mol. The van der Waals surface area contributed by atoms with Gasteiger partial charge in [-0.2, -0.15) is 0 Å². The standard InChI is InChI=1S/C13H18Cl2IN/c14-12-6-5-11(13(15)9-12)10-17-8-4-2-1-3-7-16/h5-6,9,17H,1-4,7-8,10H2. The molecule has 0 unspecified atom stereocenters. The summed E-state index contributed by atoms with van der Waals surface area (Å²) in [6.07, 6.45) is 5.22. The lowest BCUT2D eigenvalue weighted by molar-refractivity contribution is 0.600. The number of hydrogen-bond acceptors (Lipinski definition) is 1. The van der Waals surface area contributed by atoms with Crippen molar-refractivity contribution in [1.29, 1.82) is 0 Å². The molecule has 0 atom stereocenters. The molecule has 0 aromatic heterocycles. The summed E-state index contributed by atoms with van der Waals surface area (Å²) in [5.41, 5.74) is 1.11. The zero-order chi connectivity index (χ0) is 12.5. The molecule has 0 bridgehead atoms. The lowest BCUT2D eigenvalue weighted by Gasteiger charge is -2.07. The number of nitrogens with one attached hydrogen (secondary N) is 1. The summed E-state index contributed by atoms with van der Waals surface area (Å²) in [5, 5.41) is 4.85. The first kappa shape index (κ1) is 15.5. The Labute approximate surface area is 127 Å². The van der Waals surface area contributed by atoms with E-state index in [1.165, 1.54) is 30.1 Å². The van der Waals surface area contributed by atoms with Gasteiger partial charge in [0.2, 0.25) is 0 Å². The van der Waals surface area contributed by atoms with E-state index >= 15 is 0 Å². The summed E-state index contributed by atoms with van der Waals surface area (Å²) in [7, 11) is 0. The predicted octanol–water partition coefficient (Wildman–Crippen LogP) is 5.08. The minimum absolute atomic E-state index is 0.692. The molecule has 0 aliphatic rings. The third-order valence-corrected chi connectivity index (χ3v) is 3.92. The van der Waals surface area contributed by atoms with Crippen LogP contribution in [0.25, 0.3) is 0 Å². The van der Waals surface area contributed by atoms with E-state index in [1.54, 1.807) is 6.07 Å². The molecule has 0 fully saturated rings. The minimum atomic E-state index is 0.692. The Bertz CT molecular complexity index is 331. The second-order valence-electron chi connectivity index (χ2n) is 4.02. The summed E-state index contributed by atoms with van der Waals surface area (Å²) in [6.45, 7) is 1.88. The fourth-order valence-corrected chi connectivity index (χ4v) is 2.60. The number of hydrogen-bond donors (Lipinski definition) is 1. The Balaban J connectivity index is 2.14. The molecule has 0 aliphatic carbocycles. The van der Waals surface area contributed by atoms with Crippen LogP contribution in [0.15, 0.2) is 18.2 Å². The Morgan fingerprint density at radius 2 is 1.82 bits per heavy atom. The zero-order valence-electron chi connectivity index (χ0n) is 9.82. The first-order chi connectivity index (χ1) is 8.24. The Hall–Kier alpha value is 0.490. The fourth-order valence-electron chi connectivity index (χ4n) is 1.59. The average molecular weight is 386 g/mol. The Morgan fingerprint density at radius 3 is 2.53 bits per heavy atom. The first-order valence-electron chi connectivity index (χ1n) is 5.94.